The van der Waals surface area contributed by atoms with Gasteiger partial charge in [0.15, 0.2) is 18.1 Å². The highest BCUT2D eigenvalue weighted by Crippen LogP contribution is 2.28. The maximum absolute atomic E-state index is 12.1. The average molecular weight is 444 g/mol. The molecule has 3 aromatic carbocycles. The Kier molecular flexibility index (Phi) is 7.54. The molecule has 0 bridgehead atoms. The number of amides is 1. The van der Waals surface area contributed by atoms with Gasteiger partial charge in [-0.3, -0.25) is 10.2 Å². The standard InChI is InChI=1S/C22H19Cl2N3O3/c1-29-21-12-15(13-25-27-19-9-5-3-7-17(19)24)10-11-20(21)30-14-22(28)26-18-8-4-2-6-16(18)23/h2-13,27H,14H2,1H3,(H,26,28)/b25-13+. The molecule has 8 heteroatoms. The van der Waals surface area contributed by atoms with E-state index in [4.69, 9.17) is 32.7 Å². The van der Waals surface area contributed by atoms with Gasteiger partial charge >= 0.3 is 0 Å². The monoisotopic (exact) mass is 443 g/mol. The number of hydrogen-bond acceptors (Lipinski definition) is 5. The van der Waals surface area contributed by atoms with Crippen LogP contribution in [-0.4, -0.2) is 25.8 Å². The second-order valence-corrected chi connectivity index (χ2v) is 6.89. The van der Waals surface area contributed by atoms with E-state index in [-0.39, 0.29) is 12.5 Å². The van der Waals surface area contributed by atoms with Gasteiger partial charge in [-0.1, -0.05) is 47.5 Å². The van der Waals surface area contributed by atoms with Crippen molar-refractivity contribution in [3.63, 3.8) is 0 Å². The third kappa shape index (κ3) is 5.89. The summed E-state index contributed by atoms with van der Waals surface area (Å²) in [5, 5.41) is 7.91. The topological polar surface area (TPSA) is 71.9 Å². The summed E-state index contributed by atoms with van der Waals surface area (Å²) >= 11 is 12.1. The predicted molar refractivity (Wildman–Crippen MR) is 121 cm³/mol. The number of nitrogens with one attached hydrogen (secondary N) is 2. The lowest BCUT2D eigenvalue weighted by atomic mass is 10.2. The Morgan fingerprint density at radius 2 is 1.63 bits per heavy atom. The van der Waals surface area contributed by atoms with Crippen molar-refractivity contribution in [1.29, 1.82) is 0 Å². The minimum absolute atomic E-state index is 0.191. The number of nitrogens with zero attached hydrogens (tertiary/aromatic N) is 1. The lowest BCUT2D eigenvalue weighted by Gasteiger charge is -2.12. The number of ether oxygens (including phenoxy) is 2. The molecule has 1 amide bonds. The fraction of sp³-hybridized carbons (Fsp3) is 0.0909. The number of carbonyl (C=O) groups excluding carboxylic acids is 1. The smallest absolute Gasteiger partial charge is 0.262 e. The van der Waals surface area contributed by atoms with Gasteiger partial charge in [-0.25, -0.2) is 0 Å². The van der Waals surface area contributed by atoms with Crippen molar-refractivity contribution in [3.05, 3.63) is 82.3 Å². The average Bonchev–Trinajstić information content (AvgIpc) is 2.75. The van der Waals surface area contributed by atoms with Gasteiger partial charge in [0.2, 0.25) is 0 Å². The Hall–Kier alpha value is -3.22. The minimum Gasteiger partial charge on any atom is -0.493 e. The Bertz CT molecular complexity index is 1060. The van der Waals surface area contributed by atoms with Gasteiger partial charge in [-0.05, 0) is 48.0 Å². The predicted octanol–water partition coefficient (Wildman–Crippen LogP) is 5.47. The number of hydrazone groups is 1. The Labute approximate surface area is 184 Å². The van der Waals surface area contributed by atoms with Crippen molar-refractivity contribution in [1.82, 2.24) is 0 Å². The number of hydrogen-bond donors (Lipinski definition) is 2. The molecule has 0 aromatic heterocycles. The third-order valence-electron chi connectivity index (χ3n) is 3.97. The van der Waals surface area contributed by atoms with Gasteiger partial charge < -0.3 is 14.8 Å². The van der Waals surface area contributed by atoms with E-state index in [0.717, 1.165) is 5.56 Å². The molecule has 3 aromatic rings. The van der Waals surface area contributed by atoms with Crippen LogP contribution in [-0.2, 0) is 4.79 Å². The molecular weight excluding hydrogens is 425 g/mol. The molecule has 0 spiro atoms. The fourth-order valence-electron chi connectivity index (χ4n) is 2.50. The summed E-state index contributed by atoms with van der Waals surface area (Å²) in [6, 6.07) is 19.5. The van der Waals surface area contributed by atoms with E-state index in [0.29, 0.717) is 32.9 Å². The lowest BCUT2D eigenvalue weighted by molar-refractivity contribution is -0.118. The van der Waals surface area contributed by atoms with Crippen molar-refractivity contribution < 1.29 is 14.3 Å². The van der Waals surface area contributed by atoms with Crippen molar-refractivity contribution in [3.8, 4) is 11.5 Å². The van der Waals surface area contributed by atoms with Crippen molar-refractivity contribution in [2.75, 3.05) is 24.5 Å². The summed E-state index contributed by atoms with van der Waals surface area (Å²) in [6.45, 7) is -0.191. The molecule has 0 atom stereocenters. The largest absolute Gasteiger partial charge is 0.493 e. The Morgan fingerprint density at radius 1 is 0.967 bits per heavy atom. The van der Waals surface area contributed by atoms with Gasteiger partial charge in [0.25, 0.3) is 5.91 Å². The lowest BCUT2D eigenvalue weighted by Crippen LogP contribution is -2.20. The first-order chi connectivity index (χ1) is 14.6. The van der Waals surface area contributed by atoms with Crippen LogP contribution in [0.5, 0.6) is 11.5 Å². The molecule has 0 saturated carbocycles. The van der Waals surface area contributed by atoms with Gasteiger partial charge in [-0.2, -0.15) is 5.10 Å². The maximum Gasteiger partial charge on any atom is 0.262 e. The number of carbonyl (C=O) groups is 1. The van der Waals surface area contributed by atoms with Crippen molar-refractivity contribution >= 4 is 46.7 Å². The number of methoxy groups -OCH3 is 1. The summed E-state index contributed by atoms with van der Waals surface area (Å²) < 4.78 is 10.9. The van der Waals surface area contributed by atoms with E-state index in [2.05, 4.69) is 15.8 Å². The Balaban J connectivity index is 1.60. The first kappa shape index (κ1) is 21.5. The van der Waals surface area contributed by atoms with Crippen LogP contribution in [0.1, 0.15) is 5.56 Å². The van der Waals surface area contributed by atoms with Crippen LogP contribution in [0.3, 0.4) is 0 Å². The highest BCUT2D eigenvalue weighted by Gasteiger charge is 2.10. The van der Waals surface area contributed by atoms with E-state index in [1.807, 2.05) is 18.2 Å². The molecule has 3 rings (SSSR count). The second kappa shape index (κ2) is 10.5. The maximum atomic E-state index is 12.1. The number of rotatable bonds is 8. The van der Waals surface area contributed by atoms with E-state index < -0.39 is 0 Å². The highest BCUT2D eigenvalue weighted by atomic mass is 35.5. The highest BCUT2D eigenvalue weighted by molar-refractivity contribution is 6.33. The van der Waals surface area contributed by atoms with Crippen LogP contribution >= 0.6 is 23.2 Å². The molecule has 0 aliphatic carbocycles. The van der Waals surface area contributed by atoms with E-state index in [9.17, 15) is 4.79 Å². The summed E-state index contributed by atoms with van der Waals surface area (Å²) in [7, 11) is 1.52. The number of benzene rings is 3. The van der Waals surface area contributed by atoms with E-state index >= 15 is 0 Å². The number of halogens is 2. The third-order valence-corrected chi connectivity index (χ3v) is 4.63. The molecule has 154 valence electrons. The van der Waals surface area contributed by atoms with Crippen LogP contribution in [0.15, 0.2) is 71.8 Å². The van der Waals surface area contributed by atoms with Crippen LogP contribution in [0.4, 0.5) is 11.4 Å². The number of anilines is 2. The zero-order chi connectivity index (χ0) is 21.3. The van der Waals surface area contributed by atoms with Gasteiger partial charge in [0.05, 0.1) is 34.7 Å². The molecule has 0 unspecified atom stereocenters. The van der Waals surface area contributed by atoms with Crippen molar-refractivity contribution in [2.45, 2.75) is 0 Å². The van der Waals surface area contributed by atoms with E-state index in [1.54, 1.807) is 54.7 Å². The van der Waals surface area contributed by atoms with Gasteiger partial charge in [0, 0.05) is 0 Å². The Morgan fingerprint density at radius 3 is 2.30 bits per heavy atom. The van der Waals surface area contributed by atoms with Crippen LogP contribution in [0.2, 0.25) is 10.0 Å². The second-order valence-electron chi connectivity index (χ2n) is 6.08. The molecule has 0 heterocycles. The van der Waals surface area contributed by atoms with Crippen molar-refractivity contribution in [2.24, 2.45) is 5.10 Å². The first-order valence-electron chi connectivity index (χ1n) is 8.95. The summed E-state index contributed by atoms with van der Waals surface area (Å²) in [4.78, 5) is 12.1. The zero-order valence-corrected chi connectivity index (χ0v) is 17.6. The molecule has 0 radical (unpaired) electrons. The van der Waals surface area contributed by atoms with Crippen LogP contribution in [0, 0.1) is 0 Å². The van der Waals surface area contributed by atoms with Crippen LogP contribution in [0.25, 0.3) is 0 Å². The number of para-hydroxylation sites is 2. The molecular formula is C22H19Cl2N3O3. The minimum atomic E-state index is -0.334. The molecule has 0 fully saturated rings. The summed E-state index contributed by atoms with van der Waals surface area (Å²) in [5.41, 5.74) is 4.89. The quantitative estimate of drug-likeness (QED) is 0.357. The molecule has 30 heavy (non-hydrogen) atoms. The molecule has 2 N–H and O–H groups in total. The first-order valence-corrected chi connectivity index (χ1v) is 9.71. The van der Waals surface area contributed by atoms with Crippen LogP contribution < -0.4 is 20.2 Å². The molecule has 0 saturated heterocycles. The normalized spacial score (nSPS) is 10.6. The summed E-state index contributed by atoms with van der Waals surface area (Å²) in [5.74, 6) is 0.574. The molecule has 0 aliphatic rings. The molecule has 0 aliphatic heterocycles. The SMILES string of the molecule is COc1cc(/C=N/Nc2ccccc2Cl)ccc1OCC(=O)Nc1ccccc1Cl. The van der Waals surface area contributed by atoms with Gasteiger partial charge in [-0.15, -0.1) is 0 Å². The fourth-order valence-corrected chi connectivity index (χ4v) is 2.87. The molecule has 6 nitrogen and oxygen atoms in total. The van der Waals surface area contributed by atoms with Gasteiger partial charge in [0.1, 0.15) is 0 Å². The van der Waals surface area contributed by atoms with E-state index in [1.165, 1.54) is 7.11 Å². The summed E-state index contributed by atoms with van der Waals surface area (Å²) in [6.07, 6.45) is 1.62. The zero-order valence-electron chi connectivity index (χ0n) is 16.1.